The van der Waals surface area contributed by atoms with Gasteiger partial charge in [-0.05, 0) is 69.2 Å². The van der Waals surface area contributed by atoms with Crippen molar-refractivity contribution >= 4 is 21.1 Å². The molecule has 3 atom stereocenters. The van der Waals surface area contributed by atoms with Gasteiger partial charge < -0.3 is 4.57 Å². The first-order chi connectivity index (χ1) is 15.9. The van der Waals surface area contributed by atoms with Gasteiger partial charge in [0.2, 0.25) is 10.0 Å². The Morgan fingerprint density at radius 2 is 1.67 bits per heavy atom. The van der Waals surface area contributed by atoms with Crippen LogP contribution in [0, 0.1) is 6.92 Å². The molecule has 2 saturated heterocycles. The molecule has 0 amide bonds. The summed E-state index contributed by atoms with van der Waals surface area (Å²) in [6.07, 6.45) is 7.03. The summed E-state index contributed by atoms with van der Waals surface area (Å²) >= 11 is 0. The van der Waals surface area contributed by atoms with Gasteiger partial charge in [-0.1, -0.05) is 42.5 Å². The molecular formula is C26H34N4O2S. The number of nitrogens with one attached hydrogen (secondary N) is 1. The highest BCUT2D eigenvalue weighted by atomic mass is 32.2. The van der Waals surface area contributed by atoms with E-state index in [1.165, 1.54) is 30.2 Å². The maximum Gasteiger partial charge on any atom is 0.208 e. The lowest BCUT2D eigenvalue weighted by atomic mass is 9.93. The molecule has 3 aromatic rings. The van der Waals surface area contributed by atoms with Crippen molar-refractivity contribution in [2.45, 2.75) is 63.1 Å². The summed E-state index contributed by atoms with van der Waals surface area (Å²) < 4.78 is 28.7. The summed E-state index contributed by atoms with van der Waals surface area (Å²) in [5, 5.41) is 0. The van der Waals surface area contributed by atoms with E-state index in [1.807, 2.05) is 18.2 Å². The molecule has 1 aromatic heterocycles. The number of hydrogen-bond donors (Lipinski definition) is 1. The third-order valence-corrected chi connectivity index (χ3v) is 8.29. The largest absolute Gasteiger partial charge is 0.325 e. The Kier molecular flexibility index (Phi) is 6.29. The first kappa shape index (κ1) is 22.6. The maximum absolute atomic E-state index is 11.7. The molecule has 0 spiro atoms. The van der Waals surface area contributed by atoms with E-state index >= 15 is 0 Å². The van der Waals surface area contributed by atoms with Crippen molar-refractivity contribution in [2.24, 2.45) is 0 Å². The van der Waals surface area contributed by atoms with Gasteiger partial charge in [0.1, 0.15) is 5.82 Å². The summed E-state index contributed by atoms with van der Waals surface area (Å²) in [5.41, 5.74) is 3.55. The van der Waals surface area contributed by atoms with Crippen LogP contribution in [0.1, 0.15) is 55.5 Å². The summed E-state index contributed by atoms with van der Waals surface area (Å²) in [5.74, 6) is 1.29. The van der Waals surface area contributed by atoms with Gasteiger partial charge in [-0.3, -0.25) is 4.90 Å². The first-order valence-corrected chi connectivity index (χ1v) is 14.0. The summed E-state index contributed by atoms with van der Waals surface area (Å²) in [6, 6.07) is 20.5. The predicted molar refractivity (Wildman–Crippen MR) is 133 cm³/mol. The van der Waals surface area contributed by atoms with Crippen LogP contribution in [0.3, 0.4) is 0 Å². The molecule has 176 valence electrons. The lowest BCUT2D eigenvalue weighted by Crippen LogP contribution is -2.44. The van der Waals surface area contributed by atoms with Gasteiger partial charge in [-0.15, -0.1) is 0 Å². The van der Waals surface area contributed by atoms with E-state index < -0.39 is 10.0 Å². The summed E-state index contributed by atoms with van der Waals surface area (Å²) in [6.45, 7) is 3.60. The summed E-state index contributed by atoms with van der Waals surface area (Å²) in [4.78, 5) is 7.51. The second-order valence-corrected chi connectivity index (χ2v) is 11.6. The van der Waals surface area contributed by atoms with E-state index in [4.69, 9.17) is 4.98 Å². The minimum atomic E-state index is -3.21. The Morgan fingerprint density at radius 1 is 1.00 bits per heavy atom. The average Bonchev–Trinajstić information content (AvgIpc) is 3.24. The average molecular weight is 467 g/mol. The quantitative estimate of drug-likeness (QED) is 0.539. The van der Waals surface area contributed by atoms with Gasteiger partial charge in [0.25, 0.3) is 0 Å². The number of aryl methyl sites for hydroxylation is 1. The predicted octanol–water partition coefficient (Wildman–Crippen LogP) is 4.24. The van der Waals surface area contributed by atoms with Crippen LogP contribution < -0.4 is 4.72 Å². The van der Waals surface area contributed by atoms with E-state index in [0.29, 0.717) is 24.7 Å². The minimum Gasteiger partial charge on any atom is -0.325 e. The number of nitrogens with zero attached hydrogens (tertiary/aromatic N) is 3. The molecule has 1 N–H and O–H groups in total. The van der Waals surface area contributed by atoms with Crippen LogP contribution in [0.15, 0.2) is 54.6 Å². The molecule has 7 heteroatoms. The van der Waals surface area contributed by atoms with Gasteiger partial charge in [0.15, 0.2) is 0 Å². The van der Waals surface area contributed by atoms with Gasteiger partial charge >= 0.3 is 0 Å². The van der Waals surface area contributed by atoms with Crippen LogP contribution >= 0.6 is 0 Å². The molecule has 6 nitrogen and oxygen atoms in total. The van der Waals surface area contributed by atoms with E-state index in [0.717, 1.165) is 37.1 Å². The molecule has 3 unspecified atom stereocenters. The normalized spacial score (nSPS) is 24.4. The molecule has 2 fully saturated rings. The monoisotopic (exact) mass is 466 g/mol. The van der Waals surface area contributed by atoms with Crippen LogP contribution in [0.25, 0.3) is 11.0 Å². The number of sulfonamides is 1. The van der Waals surface area contributed by atoms with Crippen molar-refractivity contribution in [1.29, 1.82) is 0 Å². The van der Waals surface area contributed by atoms with Gasteiger partial charge in [0, 0.05) is 24.7 Å². The van der Waals surface area contributed by atoms with Crippen molar-refractivity contribution < 1.29 is 8.42 Å². The standard InChI is InChI=1S/C26H34N4O2S/c1-19-28-25-10-6-7-11-26(25)30(19)24-16-22-12-13-23(17-24)29(22)15-14-21(18-27-33(2,31)32)20-8-4-3-5-9-20/h3-11,21-24,27H,12-18H2,1-2H3. The number of piperidine rings is 1. The van der Waals surface area contributed by atoms with Crippen molar-refractivity contribution in [1.82, 2.24) is 19.2 Å². The fraction of sp³-hybridized carbons (Fsp3) is 0.500. The van der Waals surface area contributed by atoms with Crippen molar-refractivity contribution in [3.63, 3.8) is 0 Å². The van der Waals surface area contributed by atoms with E-state index in [9.17, 15) is 8.42 Å². The van der Waals surface area contributed by atoms with Crippen LogP contribution in [0.4, 0.5) is 0 Å². The lowest BCUT2D eigenvalue weighted by molar-refractivity contribution is 0.104. The minimum absolute atomic E-state index is 0.179. The number of imidazole rings is 1. The summed E-state index contributed by atoms with van der Waals surface area (Å²) in [7, 11) is -3.21. The van der Waals surface area contributed by atoms with Crippen LogP contribution in [0.2, 0.25) is 0 Å². The molecule has 3 heterocycles. The fourth-order valence-electron chi connectivity index (χ4n) is 6.12. The highest BCUT2D eigenvalue weighted by Crippen LogP contribution is 2.42. The fourth-order valence-corrected chi connectivity index (χ4v) is 6.62. The van der Waals surface area contributed by atoms with Gasteiger partial charge in [-0.25, -0.2) is 18.1 Å². The van der Waals surface area contributed by atoms with E-state index in [-0.39, 0.29) is 5.92 Å². The Labute approximate surface area is 197 Å². The third-order valence-electron chi connectivity index (χ3n) is 7.60. The van der Waals surface area contributed by atoms with Crippen molar-refractivity contribution in [2.75, 3.05) is 19.3 Å². The Hall–Kier alpha value is -2.22. The second-order valence-electron chi connectivity index (χ2n) is 9.78. The SMILES string of the molecule is Cc1nc2ccccc2n1C1CC2CCC(C1)N2CCC(CNS(C)(=O)=O)c1ccccc1. The highest BCUT2D eigenvalue weighted by molar-refractivity contribution is 7.88. The Morgan fingerprint density at radius 3 is 2.36 bits per heavy atom. The number of hydrogen-bond acceptors (Lipinski definition) is 4. The number of benzene rings is 2. The molecule has 2 aliphatic rings. The third kappa shape index (κ3) is 4.86. The lowest BCUT2D eigenvalue weighted by Gasteiger charge is -2.40. The topological polar surface area (TPSA) is 67.2 Å². The smallest absolute Gasteiger partial charge is 0.208 e. The Balaban J connectivity index is 1.29. The molecule has 2 bridgehead atoms. The molecule has 0 aliphatic carbocycles. The Bertz CT molecular complexity index is 1190. The van der Waals surface area contributed by atoms with Crippen LogP contribution in [0.5, 0.6) is 0 Å². The van der Waals surface area contributed by atoms with Gasteiger partial charge in [0.05, 0.1) is 17.3 Å². The zero-order valence-electron chi connectivity index (χ0n) is 19.5. The second kappa shape index (κ2) is 9.20. The molecular weight excluding hydrogens is 432 g/mol. The van der Waals surface area contributed by atoms with Crippen LogP contribution in [-0.4, -0.2) is 54.3 Å². The molecule has 0 saturated carbocycles. The first-order valence-electron chi connectivity index (χ1n) is 12.1. The van der Waals surface area contributed by atoms with Gasteiger partial charge in [-0.2, -0.15) is 0 Å². The highest BCUT2D eigenvalue weighted by Gasteiger charge is 2.41. The zero-order chi connectivity index (χ0) is 23.0. The van der Waals surface area contributed by atoms with E-state index in [2.05, 4.69) is 57.5 Å². The zero-order valence-corrected chi connectivity index (χ0v) is 20.3. The van der Waals surface area contributed by atoms with Crippen molar-refractivity contribution in [3.8, 4) is 0 Å². The molecule has 5 rings (SSSR count). The molecule has 2 aliphatic heterocycles. The number of rotatable bonds is 8. The van der Waals surface area contributed by atoms with E-state index in [1.54, 1.807) is 0 Å². The maximum atomic E-state index is 11.7. The molecule has 33 heavy (non-hydrogen) atoms. The van der Waals surface area contributed by atoms with Crippen LogP contribution in [-0.2, 0) is 10.0 Å². The molecule has 2 aromatic carbocycles. The number of para-hydroxylation sites is 2. The van der Waals surface area contributed by atoms with Crippen molar-refractivity contribution in [3.05, 3.63) is 66.0 Å². The number of fused-ring (bicyclic) bond motifs is 3. The number of aromatic nitrogens is 2. The molecule has 0 radical (unpaired) electrons.